The van der Waals surface area contributed by atoms with Gasteiger partial charge in [0.2, 0.25) is 5.91 Å². The molecule has 1 aromatic heterocycles. The van der Waals surface area contributed by atoms with Gasteiger partial charge in [0.1, 0.15) is 5.82 Å². The third kappa shape index (κ3) is 5.28. The first kappa shape index (κ1) is 17.3. The van der Waals surface area contributed by atoms with E-state index in [1.807, 2.05) is 0 Å². The van der Waals surface area contributed by atoms with Crippen LogP contribution in [0.4, 0.5) is 0 Å². The molecule has 0 aliphatic heterocycles. The first-order valence-corrected chi connectivity index (χ1v) is 6.82. The third-order valence-corrected chi connectivity index (χ3v) is 3.20. The summed E-state index contributed by atoms with van der Waals surface area (Å²) < 4.78 is 4.81. The minimum atomic E-state index is -0.713. The SMILES string of the molecule is COCC(O)CN(C)C(=O)CCc1c(C)nc(C)[nH]c1=O. The van der Waals surface area contributed by atoms with E-state index in [0.29, 0.717) is 23.5 Å². The summed E-state index contributed by atoms with van der Waals surface area (Å²) >= 11 is 0. The largest absolute Gasteiger partial charge is 0.389 e. The molecule has 0 saturated carbocycles. The number of aliphatic hydroxyl groups is 1. The van der Waals surface area contributed by atoms with E-state index >= 15 is 0 Å². The average Bonchev–Trinajstić information content (AvgIpc) is 2.37. The number of methoxy groups -OCH3 is 1. The van der Waals surface area contributed by atoms with Crippen LogP contribution in [0, 0.1) is 13.8 Å². The predicted molar refractivity (Wildman–Crippen MR) is 78.2 cm³/mol. The minimum absolute atomic E-state index is 0.135. The van der Waals surface area contributed by atoms with E-state index < -0.39 is 6.10 Å². The van der Waals surface area contributed by atoms with E-state index in [4.69, 9.17) is 4.74 Å². The number of hydrogen-bond acceptors (Lipinski definition) is 5. The van der Waals surface area contributed by atoms with Gasteiger partial charge < -0.3 is 19.7 Å². The number of aryl methyl sites for hydroxylation is 2. The second-order valence-corrected chi connectivity index (χ2v) is 5.10. The Morgan fingerprint density at radius 1 is 1.48 bits per heavy atom. The molecular weight excluding hydrogens is 274 g/mol. The number of carbonyl (C=O) groups is 1. The van der Waals surface area contributed by atoms with Crippen LogP contribution < -0.4 is 5.56 Å². The number of ether oxygens (including phenoxy) is 1. The van der Waals surface area contributed by atoms with Gasteiger partial charge >= 0.3 is 0 Å². The highest BCUT2D eigenvalue weighted by Gasteiger charge is 2.15. The molecule has 0 aliphatic carbocycles. The number of carbonyl (C=O) groups excluding carboxylic acids is 1. The Morgan fingerprint density at radius 3 is 2.71 bits per heavy atom. The second kappa shape index (κ2) is 7.90. The number of nitrogens with one attached hydrogen (secondary N) is 1. The summed E-state index contributed by atoms with van der Waals surface area (Å²) in [5.74, 6) is 0.428. The molecule has 0 radical (unpaired) electrons. The molecule has 0 saturated heterocycles. The molecule has 0 spiro atoms. The Labute approximate surface area is 124 Å². The van der Waals surface area contributed by atoms with Crippen LogP contribution in [0.15, 0.2) is 4.79 Å². The molecule has 1 heterocycles. The molecule has 2 N–H and O–H groups in total. The lowest BCUT2D eigenvalue weighted by molar-refractivity contribution is -0.131. The molecule has 1 rings (SSSR count). The van der Waals surface area contributed by atoms with E-state index in [0.717, 1.165) is 0 Å². The van der Waals surface area contributed by atoms with Gasteiger partial charge in [0.25, 0.3) is 5.56 Å². The van der Waals surface area contributed by atoms with E-state index in [1.54, 1.807) is 20.9 Å². The van der Waals surface area contributed by atoms with Crippen LogP contribution in [-0.2, 0) is 16.0 Å². The van der Waals surface area contributed by atoms with Crippen LogP contribution >= 0.6 is 0 Å². The molecule has 118 valence electrons. The summed E-state index contributed by atoms with van der Waals surface area (Å²) in [7, 11) is 3.11. The van der Waals surface area contributed by atoms with Crippen molar-refractivity contribution in [3.05, 3.63) is 27.4 Å². The molecule has 7 heteroatoms. The zero-order valence-corrected chi connectivity index (χ0v) is 13.0. The number of aromatic amines is 1. The summed E-state index contributed by atoms with van der Waals surface area (Å²) in [6.45, 7) is 3.86. The fraction of sp³-hybridized carbons (Fsp3) is 0.643. The molecule has 0 aromatic carbocycles. The molecule has 1 unspecified atom stereocenters. The van der Waals surface area contributed by atoms with Gasteiger partial charge in [-0.15, -0.1) is 0 Å². The van der Waals surface area contributed by atoms with E-state index in [1.165, 1.54) is 12.0 Å². The Balaban J connectivity index is 2.59. The van der Waals surface area contributed by atoms with Crippen molar-refractivity contribution < 1.29 is 14.6 Å². The van der Waals surface area contributed by atoms with Crippen LogP contribution in [0.3, 0.4) is 0 Å². The van der Waals surface area contributed by atoms with Crippen LogP contribution in [0.2, 0.25) is 0 Å². The summed E-state index contributed by atoms with van der Waals surface area (Å²) in [4.78, 5) is 32.1. The number of rotatable bonds is 7. The van der Waals surface area contributed by atoms with Gasteiger partial charge in [-0.1, -0.05) is 0 Å². The number of likely N-dealkylation sites (N-methyl/N-ethyl adjacent to an activating group) is 1. The molecule has 1 atom stereocenters. The van der Waals surface area contributed by atoms with Gasteiger partial charge in [-0.2, -0.15) is 0 Å². The van der Waals surface area contributed by atoms with E-state index in [2.05, 4.69) is 9.97 Å². The monoisotopic (exact) mass is 297 g/mol. The van der Waals surface area contributed by atoms with Crippen molar-refractivity contribution in [3.63, 3.8) is 0 Å². The number of aromatic nitrogens is 2. The topological polar surface area (TPSA) is 95.5 Å². The Hall–Kier alpha value is -1.73. The molecule has 21 heavy (non-hydrogen) atoms. The van der Waals surface area contributed by atoms with E-state index in [9.17, 15) is 14.7 Å². The fourth-order valence-corrected chi connectivity index (χ4v) is 2.13. The molecule has 1 amide bonds. The van der Waals surface area contributed by atoms with Crippen molar-refractivity contribution in [1.29, 1.82) is 0 Å². The number of hydrogen-bond donors (Lipinski definition) is 2. The van der Waals surface area contributed by atoms with Crippen molar-refractivity contribution in [2.45, 2.75) is 32.8 Å². The Morgan fingerprint density at radius 2 is 2.14 bits per heavy atom. The Kier molecular flexibility index (Phi) is 6.51. The number of amides is 1. The summed E-state index contributed by atoms with van der Waals surface area (Å²) in [6, 6.07) is 0. The van der Waals surface area contributed by atoms with Crippen LogP contribution in [0.25, 0.3) is 0 Å². The maximum Gasteiger partial charge on any atom is 0.254 e. The molecule has 1 aromatic rings. The summed E-state index contributed by atoms with van der Waals surface area (Å²) in [6.07, 6.45) is -0.182. The molecule has 0 fully saturated rings. The van der Waals surface area contributed by atoms with Gasteiger partial charge in [-0.05, 0) is 20.3 Å². The number of nitrogens with zero attached hydrogens (tertiary/aromatic N) is 2. The Bertz CT molecular complexity index is 542. The quantitative estimate of drug-likeness (QED) is 0.726. The fourth-order valence-electron chi connectivity index (χ4n) is 2.13. The van der Waals surface area contributed by atoms with Crippen molar-refractivity contribution in [1.82, 2.24) is 14.9 Å². The van der Waals surface area contributed by atoms with Crippen LogP contribution in [-0.4, -0.2) is 59.3 Å². The lowest BCUT2D eigenvalue weighted by Crippen LogP contribution is -2.36. The molecule has 0 aliphatic rings. The van der Waals surface area contributed by atoms with Crippen molar-refractivity contribution in [3.8, 4) is 0 Å². The second-order valence-electron chi connectivity index (χ2n) is 5.10. The lowest BCUT2D eigenvalue weighted by atomic mass is 10.1. The van der Waals surface area contributed by atoms with Crippen LogP contribution in [0.1, 0.15) is 23.5 Å². The van der Waals surface area contributed by atoms with Crippen molar-refractivity contribution in [2.24, 2.45) is 0 Å². The van der Waals surface area contributed by atoms with Crippen LogP contribution in [0.5, 0.6) is 0 Å². The number of aliphatic hydroxyl groups excluding tert-OH is 1. The maximum absolute atomic E-state index is 12.0. The minimum Gasteiger partial charge on any atom is -0.389 e. The van der Waals surface area contributed by atoms with Gasteiger partial charge in [0.05, 0.1) is 12.7 Å². The normalized spacial score (nSPS) is 12.2. The first-order valence-electron chi connectivity index (χ1n) is 6.82. The van der Waals surface area contributed by atoms with Crippen molar-refractivity contribution in [2.75, 3.05) is 27.3 Å². The third-order valence-electron chi connectivity index (χ3n) is 3.20. The first-order chi connectivity index (χ1) is 9.85. The van der Waals surface area contributed by atoms with Gasteiger partial charge in [0.15, 0.2) is 0 Å². The molecular formula is C14H23N3O4. The van der Waals surface area contributed by atoms with Gasteiger partial charge in [-0.3, -0.25) is 9.59 Å². The smallest absolute Gasteiger partial charge is 0.254 e. The highest BCUT2D eigenvalue weighted by Crippen LogP contribution is 2.04. The lowest BCUT2D eigenvalue weighted by Gasteiger charge is -2.20. The highest BCUT2D eigenvalue weighted by molar-refractivity contribution is 5.76. The van der Waals surface area contributed by atoms with Gasteiger partial charge in [0, 0.05) is 38.4 Å². The summed E-state index contributed by atoms with van der Waals surface area (Å²) in [5, 5.41) is 9.59. The standard InChI is InChI=1S/C14H23N3O4/c1-9-12(14(20)16-10(2)15-9)5-6-13(19)17(3)7-11(18)8-21-4/h11,18H,5-8H2,1-4H3,(H,15,16,20). The van der Waals surface area contributed by atoms with E-state index in [-0.39, 0.29) is 31.0 Å². The molecule has 0 bridgehead atoms. The van der Waals surface area contributed by atoms with Gasteiger partial charge in [-0.25, -0.2) is 4.98 Å². The highest BCUT2D eigenvalue weighted by atomic mass is 16.5. The zero-order valence-electron chi connectivity index (χ0n) is 13.0. The molecule has 7 nitrogen and oxygen atoms in total. The summed E-state index contributed by atoms with van der Waals surface area (Å²) in [5.41, 5.74) is 0.973. The van der Waals surface area contributed by atoms with Crippen molar-refractivity contribution >= 4 is 5.91 Å². The zero-order chi connectivity index (χ0) is 16.0. The predicted octanol–water partition coefficient (Wildman–Crippen LogP) is -0.215. The maximum atomic E-state index is 12.0. The number of H-pyrrole nitrogens is 1. The average molecular weight is 297 g/mol.